The molecule has 8 nitrogen and oxygen atoms in total. The van der Waals surface area contributed by atoms with Crippen LogP contribution in [-0.4, -0.2) is 49.3 Å². The third-order valence-corrected chi connectivity index (χ3v) is 11.2. The summed E-state index contributed by atoms with van der Waals surface area (Å²) in [6.07, 6.45) is 4.19. The van der Waals surface area contributed by atoms with Gasteiger partial charge in [0, 0.05) is 11.1 Å². The van der Waals surface area contributed by atoms with Crippen LogP contribution in [0.3, 0.4) is 0 Å². The summed E-state index contributed by atoms with van der Waals surface area (Å²) in [7, 11) is -7.25. The molecule has 0 N–H and O–H groups in total. The maximum Gasteiger partial charge on any atom is 0.266 e. The van der Waals surface area contributed by atoms with Gasteiger partial charge in [-0.1, -0.05) is 27.7 Å². The lowest BCUT2D eigenvalue weighted by molar-refractivity contribution is -0.123. The van der Waals surface area contributed by atoms with Crippen molar-refractivity contribution >= 4 is 55.1 Å². The Balaban J connectivity index is 0.000000181. The number of hydrogen-bond acceptors (Lipinski definition) is 6. The summed E-state index contributed by atoms with van der Waals surface area (Å²) in [5.74, 6) is -0.871. The first kappa shape index (κ1) is 25.5. The second-order valence-corrected chi connectivity index (χ2v) is 13.9. The van der Waals surface area contributed by atoms with Crippen molar-refractivity contribution in [3.8, 4) is 0 Å². The molecule has 0 saturated carbocycles. The summed E-state index contributed by atoms with van der Waals surface area (Å²) < 4.78 is 49.6. The van der Waals surface area contributed by atoms with Gasteiger partial charge in [0.2, 0.25) is 0 Å². The Labute approximate surface area is 199 Å². The molecule has 0 bridgehead atoms. The van der Waals surface area contributed by atoms with Gasteiger partial charge in [-0.25, -0.2) is 25.4 Å². The number of carbonyl (C=O) groups is 2. The number of halogens is 2. The van der Waals surface area contributed by atoms with Gasteiger partial charge in [0.05, 0.1) is 9.81 Å². The summed E-state index contributed by atoms with van der Waals surface area (Å²) in [6.45, 7) is 7.64. The normalized spacial score (nSPS) is 27.2. The molecule has 32 heavy (non-hydrogen) atoms. The third-order valence-electron chi connectivity index (χ3n) is 6.62. The van der Waals surface area contributed by atoms with E-state index in [-0.39, 0.29) is 32.6 Å². The van der Waals surface area contributed by atoms with Gasteiger partial charge in [0.15, 0.2) is 0 Å². The molecule has 180 valence electrons. The number of rotatable bonds is 2. The molecule has 0 spiro atoms. The highest BCUT2D eigenvalue weighted by Crippen LogP contribution is 2.48. The highest BCUT2D eigenvalue weighted by Gasteiger charge is 2.50. The predicted octanol–water partition coefficient (Wildman–Crippen LogP) is 3.64. The predicted molar refractivity (Wildman–Crippen MR) is 122 cm³/mol. The van der Waals surface area contributed by atoms with Crippen molar-refractivity contribution in [2.45, 2.75) is 66.2 Å². The first-order valence-corrected chi connectivity index (χ1v) is 14.3. The molecule has 12 heteroatoms. The molecule has 0 aromatic rings. The highest BCUT2D eigenvalue weighted by atomic mass is 35.5. The fourth-order valence-corrected chi connectivity index (χ4v) is 9.38. The maximum absolute atomic E-state index is 12.0. The lowest BCUT2D eigenvalue weighted by Gasteiger charge is -2.29. The average molecular weight is 527 g/mol. The zero-order valence-corrected chi connectivity index (χ0v) is 21.7. The van der Waals surface area contributed by atoms with E-state index < -0.39 is 31.9 Å². The molecule has 2 amide bonds. The topological polar surface area (TPSA) is 109 Å². The van der Waals surface area contributed by atoms with Crippen molar-refractivity contribution in [1.82, 2.24) is 8.61 Å². The number of alkyl halides is 2. The van der Waals surface area contributed by atoms with Crippen molar-refractivity contribution in [1.29, 1.82) is 0 Å². The first-order chi connectivity index (χ1) is 14.6. The van der Waals surface area contributed by atoms with Crippen LogP contribution in [0, 0.1) is 10.8 Å². The van der Waals surface area contributed by atoms with Crippen LogP contribution >= 0.6 is 23.2 Å². The molecular formula is C20H28Cl2N2O6S2. The first-order valence-electron chi connectivity index (χ1n) is 10.4. The molecule has 0 aromatic carbocycles. The summed E-state index contributed by atoms with van der Waals surface area (Å²) in [5, 5.41) is 0. The van der Waals surface area contributed by atoms with E-state index in [1.807, 2.05) is 27.7 Å². The van der Waals surface area contributed by atoms with Crippen molar-refractivity contribution in [2.24, 2.45) is 10.8 Å². The number of hydrogen-bond donors (Lipinski definition) is 0. The molecule has 2 heterocycles. The second-order valence-electron chi connectivity index (χ2n) is 9.63. The molecule has 0 radical (unpaired) electrons. The smallest absolute Gasteiger partial charge is 0.266 e. The number of nitrogens with zero attached hydrogens (tertiary/aromatic N) is 2. The molecule has 2 aliphatic carbocycles. The SMILES string of the molecule is CC1(C)CCCC2=C1C(=O)N(CCl)S2(=O)=O.CC1(C)CCCC2=C1C(=O)N(CCl)S2(=O)=O. The van der Waals surface area contributed by atoms with E-state index in [0.29, 0.717) is 24.0 Å². The van der Waals surface area contributed by atoms with Crippen molar-refractivity contribution in [2.75, 3.05) is 12.0 Å². The van der Waals surface area contributed by atoms with Crippen LogP contribution in [-0.2, 0) is 29.6 Å². The van der Waals surface area contributed by atoms with Crippen LogP contribution in [0.15, 0.2) is 21.0 Å². The number of sulfonamides is 2. The van der Waals surface area contributed by atoms with Crippen LogP contribution in [0.25, 0.3) is 0 Å². The van der Waals surface area contributed by atoms with E-state index in [1.165, 1.54) is 0 Å². The monoisotopic (exact) mass is 526 g/mol. The molecule has 0 atom stereocenters. The van der Waals surface area contributed by atoms with E-state index in [9.17, 15) is 26.4 Å². The molecule has 0 aromatic heterocycles. The molecular weight excluding hydrogens is 499 g/mol. The van der Waals surface area contributed by atoms with Gasteiger partial charge in [-0.3, -0.25) is 9.59 Å². The van der Waals surface area contributed by atoms with Crippen LogP contribution in [0.1, 0.15) is 66.2 Å². The third kappa shape index (κ3) is 3.80. The molecule has 4 rings (SSSR count). The van der Waals surface area contributed by atoms with Crippen LogP contribution < -0.4 is 0 Å². The summed E-state index contributed by atoms with van der Waals surface area (Å²) >= 11 is 11.1. The van der Waals surface area contributed by atoms with E-state index in [2.05, 4.69) is 0 Å². The Hall–Kier alpha value is -1.10. The number of carbonyl (C=O) groups excluding carboxylic acids is 2. The van der Waals surface area contributed by atoms with Gasteiger partial charge >= 0.3 is 0 Å². The number of allylic oxidation sites excluding steroid dienone is 2. The molecule has 0 unspecified atom stereocenters. The second kappa shape index (κ2) is 8.29. The molecule has 0 saturated heterocycles. The van der Waals surface area contributed by atoms with Gasteiger partial charge in [0.1, 0.15) is 12.0 Å². The summed E-state index contributed by atoms with van der Waals surface area (Å²) in [6, 6.07) is -0.603. The Morgan fingerprint density at radius 3 is 1.28 bits per heavy atom. The van der Waals surface area contributed by atoms with Crippen molar-refractivity contribution < 1.29 is 26.4 Å². The molecule has 4 aliphatic rings. The van der Waals surface area contributed by atoms with Crippen LogP contribution in [0.4, 0.5) is 0 Å². The Morgan fingerprint density at radius 2 is 1.03 bits per heavy atom. The maximum atomic E-state index is 12.0. The van der Waals surface area contributed by atoms with Crippen LogP contribution in [0.2, 0.25) is 0 Å². The number of amides is 2. The van der Waals surface area contributed by atoms with Crippen molar-refractivity contribution in [3.05, 3.63) is 21.0 Å². The minimum atomic E-state index is -3.63. The Bertz CT molecular complexity index is 1050. The lowest BCUT2D eigenvalue weighted by atomic mass is 9.75. The fraction of sp³-hybridized carbons (Fsp3) is 0.700. The molecule has 2 aliphatic heterocycles. The van der Waals surface area contributed by atoms with Gasteiger partial charge < -0.3 is 0 Å². The minimum Gasteiger partial charge on any atom is -0.268 e. The van der Waals surface area contributed by atoms with Gasteiger partial charge in [0.25, 0.3) is 31.9 Å². The van der Waals surface area contributed by atoms with E-state index in [4.69, 9.17) is 23.2 Å². The van der Waals surface area contributed by atoms with Crippen LogP contribution in [0.5, 0.6) is 0 Å². The fourth-order valence-electron chi connectivity index (χ4n) is 4.94. The van der Waals surface area contributed by atoms with Crippen molar-refractivity contribution in [3.63, 3.8) is 0 Å². The lowest BCUT2D eigenvalue weighted by Crippen LogP contribution is -2.32. The van der Waals surface area contributed by atoms with Gasteiger partial charge in [-0.2, -0.15) is 0 Å². The standard InChI is InChI=1S/2C10H14ClNO3S/c2*1-10(2)5-3-4-7-8(10)9(13)12(6-11)16(7,14)15/h2*3-6H2,1-2H3. The summed E-state index contributed by atoms with van der Waals surface area (Å²) in [4.78, 5) is 24.6. The van der Waals surface area contributed by atoms with Gasteiger partial charge in [-0.05, 0) is 49.4 Å². The molecule has 0 fully saturated rings. The summed E-state index contributed by atoms with van der Waals surface area (Å²) in [5.41, 5.74) is 0.163. The van der Waals surface area contributed by atoms with Gasteiger partial charge in [-0.15, -0.1) is 23.2 Å². The Kier molecular flexibility index (Phi) is 6.61. The minimum absolute atomic E-state index is 0.286. The van der Waals surface area contributed by atoms with E-state index in [0.717, 1.165) is 34.3 Å². The highest BCUT2D eigenvalue weighted by molar-refractivity contribution is 7.94. The quantitative estimate of drug-likeness (QED) is 0.401. The van der Waals surface area contributed by atoms with E-state index in [1.54, 1.807) is 0 Å². The zero-order chi connectivity index (χ0) is 24.3. The Morgan fingerprint density at radius 1 is 0.719 bits per heavy atom. The zero-order valence-electron chi connectivity index (χ0n) is 18.6. The van der Waals surface area contributed by atoms with E-state index >= 15 is 0 Å². The largest absolute Gasteiger partial charge is 0.268 e. The average Bonchev–Trinajstić information content (AvgIpc) is 2.99.